The van der Waals surface area contributed by atoms with Crippen molar-refractivity contribution >= 4 is 11.0 Å². The van der Waals surface area contributed by atoms with Crippen molar-refractivity contribution < 1.29 is 0 Å². The largest absolute Gasteiger partial charge is 0.299 e. The molecule has 1 saturated heterocycles. The average molecular weight is 371 g/mol. The Morgan fingerprint density at radius 2 is 1.96 bits per heavy atom. The SMILES string of the molecule is c1cc(CN2CCC(c3ccc4cccnc4n3)CC2)cc(-c2nn[nH]n2)c1. The van der Waals surface area contributed by atoms with Crippen LogP contribution in [0.2, 0.25) is 0 Å². The van der Waals surface area contributed by atoms with Gasteiger partial charge in [-0.05, 0) is 67.0 Å². The Kier molecular flexibility index (Phi) is 4.50. The molecule has 7 heteroatoms. The first-order valence-electron chi connectivity index (χ1n) is 9.62. The van der Waals surface area contributed by atoms with Crippen LogP contribution in [-0.4, -0.2) is 48.6 Å². The minimum Gasteiger partial charge on any atom is -0.299 e. The second-order valence-corrected chi connectivity index (χ2v) is 7.27. The van der Waals surface area contributed by atoms with Gasteiger partial charge >= 0.3 is 0 Å². The number of fused-ring (bicyclic) bond motifs is 1. The van der Waals surface area contributed by atoms with Gasteiger partial charge in [-0.1, -0.05) is 18.2 Å². The molecule has 5 rings (SSSR count). The highest BCUT2D eigenvalue weighted by Crippen LogP contribution is 2.28. The van der Waals surface area contributed by atoms with Crippen LogP contribution >= 0.6 is 0 Å². The van der Waals surface area contributed by atoms with Crippen LogP contribution in [0.5, 0.6) is 0 Å². The monoisotopic (exact) mass is 371 g/mol. The van der Waals surface area contributed by atoms with Crippen LogP contribution in [0.15, 0.2) is 54.7 Å². The summed E-state index contributed by atoms with van der Waals surface area (Å²) >= 11 is 0. The van der Waals surface area contributed by atoms with E-state index in [-0.39, 0.29) is 0 Å². The van der Waals surface area contributed by atoms with Gasteiger partial charge in [0.25, 0.3) is 0 Å². The summed E-state index contributed by atoms with van der Waals surface area (Å²) in [7, 11) is 0. The van der Waals surface area contributed by atoms with Crippen LogP contribution in [0.4, 0.5) is 0 Å². The van der Waals surface area contributed by atoms with E-state index < -0.39 is 0 Å². The van der Waals surface area contributed by atoms with Gasteiger partial charge in [-0.15, -0.1) is 10.2 Å². The van der Waals surface area contributed by atoms with Gasteiger partial charge in [0.15, 0.2) is 5.65 Å². The van der Waals surface area contributed by atoms with Crippen molar-refractivity contribution in [3.63, 3.8) is 0 Å². The van der Waals surface area contributed by atoms with Crippen LogP contribution in [0.3, 0.4) is 0 Å². The van der Waals surface area contributed by atoms with Crippen molar-refractivity contribution in [2.45, 2.75) is 25.3 Å². The number of aromatic nitrogens is 6. The van der Waals surface area contributed by atoms with E-state index in [0.717, 1.165) is 49.1 Å². The molecule has 1 aromatic carbocycles. The van der Waals surface area contributed by atoms with E-state index >= 15 is 0 Å². The molecule has 0 atom stereocenters. The molecular formula is C21H21N7. The highest BCUT2D eigenvalue weighted by molar-refractivity contribution is 5.74. The molecule has 1 aliphatic heterocycles. The summed E-state index contributed by atoms with van der Waals surface area (Å²) in [5, 5.41) is 15.4. The Balaban J connectivity index is 1.24. The van der Waals surface area contributed by atoms with Crippen LogP contribution in [0, 0.1) is 0 Å². The number of nitrogens with zero attached hydrogens (tertiary/aromatic N) is 6. The number of benzene rings is 1. The van der Waals surface area contributed by atoms with Crippen molar-refractivity contribution in [2.75, 3.05) is 13.1 Å². The van der Waals surface area contributed by atoms with E-state index in [1.54, 1.807) is 0 Å². The summed E-state index contributed by atoms with van der Waals surface area (Å²) in [5.41, 5.74) is 4.29. The first-order chi connectivity index (χ1) is 13.8. The summed E-state index contributed by atoms with van der Waals surface area (Å²) in [6, 6.07) is 16.7. The Hall–Kier alpha value is -3.19. The fourth-order valence-corrected chi connectivity index (χ4v) is 3.93. The number of piperidine rings is 1. The second kappa shape index (κ2) is 7.44. The molecule has 0 bridgehead atoms. The molecule has 1 N–H and O–H groups in total. The maximum Gasteiger partial charge on any atom is 0.204 e. The van der Waals surface area contributed by atoms with Crippen molar-refractivity contribution in [1.82, 2.24) is 35.5 Å². The van der Waals surface area contributed by atoms with Gasteiger partial charge in [-0.2, -0.15) is 5.21 Å². The second-order valence-electron chi connectivity index (χ2n) is 7.27. The maximum atomic E-state index is 4.80. The van der Waals surface area contributed by atoms with Gasteiger partial charge in [0, 0.05) is 35.3 Å². The van der Waals surface area contributed by atoms with Crippen LogP contribution in [0.1, 0.15) is 30.0 Å². The molecule has 0 amide bonds. The lowest BCUT2D eigenvalue weighted by Gasteiger charge is -2.31. The quantitative estimate of drug-likeness (QED) is 0.593. The number of pyridine rings is 2. The first kappa shape index (κ1) is 16.9. The number of tetrazole rings is 1. The van der Waals surface area contributed by atoms with Crippen molar-refractivity contribution in [1.29, 1.82) is 0 Å². The molecular weight excluding hydrogens is 350 g/mol. The number of rotatable bonds is 4. The van der Waals surface area contributed by atoms with E-state index in [2.05, 4.69) is 66.9 Å². The summed E-state index contributed by atoms with van der Waals surface area (Å²) < 4.78 is 0. The number of likely N-dealkylation sites (tertiary alicyclic amines) is 1. The molecule has 0 unspecified atom stereocenters. The average Bonchev–Trinajstić information content (AvgIpc) is 3.29. The molecule has 3 aromatic heterocycles. The number of aromatic amines is 1. The van der Waals surface area contributed by atoms with Gasteiger partial charge in [0.05, 0.1) is 0 Å². The van der Waals surface area contributed by atoms with E-state index in [9.17, 15) is 0 Å². The number of H-pyrrole nitrogens is 1. The Morgan fingerprint density at radius 1 is 1.04 bits per heavy atom. The molecule has 1 fully saturated rings. The van der Waals surface area contributed by atoms with Gasteiger partial charge in [-0.25, -0.2) is 9.97 Å². The van der Waals surface area contributed by atoms with Gasteiger partial charge in [0.2, 0.25) is 5.82 Å². The van der Waals surface area contributed by atoms with Gasteiger partial charge < -0.3 is 0 Å². The zero-order valence-electron chi connectivity index (χ0n) is 15.5. The fourth-order valence-electron chi connectivity index (χ4n) is 3.93. The lowest BCUT2D eigenvalue weighted by Crippen LogP contribution is -2.32. The summed E-state index contributed by atoms with van der Waals surface area (Å²) in [6.45, 7) is 3.07. The number of hydrogen-bond donors (Lipinski definition) is 1. The molecule has 28 heavy (non-hydrogen) atoms. The molecule has 0 saturated carbocycles. The molecule has 0 aliphatic carbocycles. The normalized spacial score (nSPS) is 15.9. The van der Waals surface area contributed by atoms with Crippen molar-refractivity contribution in [3.8, 4) is 11.4 Å². The smallest absolute Gasteiger partial charge is 0.204 e. The summed E-state index contributed by atoms with van der Waals surface area (Å²) in [5.74, 6) is 1.14. The maximum absolute atomic E-state index is 4.80. The van der Waals surface area contributed by atoms with Gasteiger partial charge in [0.1, 0.15) is 0 Å². The van der Waals surface area contributed by atoms with Crippen molar-refractivity contribution in [2.24, 2.45) is 0 Å². The molecule has 0 spiro atoms. The minimum absolute atomic E-state index is 0.508. The predicted molar refractivity (Wildman–Crippen MR) is 106 cm³/mol. The summed E-state index contributed by atoms with van der Waals surface area (Å²) in [6.07, 6.45) is 4.05. The Bertz CT molecular complexity index is 1070. The lowest BCUT2D eigenvalue weighted by atomic mass is 9.92. The fraction of sp³-hybridized carbons (Fsp3) is 0.286. The number of nitrogens with one attached hydrogen (secondary N) is 1. The van der Waals surface area contributed by atoms with E-state index in [4.69, 9.17) is 4.98 Å². The highest BCUT2D eigenvalue weighted by Gasteiger charge is 2.22. The molecule has 0 radical (unpaired) electrons. The third-order valence-electron chi connectivity index (χ3n) is 5.43. The molecule has 7 nitrogen and oxygen atoms in total. The Morgan fingerprint density at radius 3 is 2.82 bits per heavy atom. The standard InChI is InChI=1S/C21H21N7/c1-3-15(13-18(4-1)21-24-26-27-25-21)14-28-11-8-16(9-12-28)19-7-6-17-5-2-10-22-20(17)23-19/h1-7,10,13,16H,8-9,11-12,14H2,(H,24,25,26,27). The lowest BCUT2D eigenvalue weighted by molar-refractivity contribution is 0.203. The zero-order valence-corrected chi connectivity index (χ0v) is 15.5. The van der Waals surface area contributed by atoms with E-state index in [0.29, 0.717) is 11.7 Å². The zero-order chi connectivity index (χ0) is 18.8. The van der Waals surface area contributed by atoms with Crippen molar-refractivity contribution in [3.05, 3.63) is 66.0 Å². The van der Waals surface area contributed by atoms with E-state index in [1.807, 2.05) is 18.3 Å². The Labute approximate surface area is 162 Å². The highest BCUT2D eigenvalue weighted by atomic mass is 15.5. The van der Waals surface area contributed by atoms with Gasteiger partial charge in [-0.3, -0.25) is 4.90 Å². The molecule has 1 aliphatic rings. The van der Waals surface area contributed by atoms with Crippen LogP contribution < -0.4 is 0 Å². The number of hydrogen-bond acceptors (Lipinski definition) is 6. The molecule has 4 heterocycles. The third-order valence-corrected chi connectivity index (χ3v) is 5.43. The first-order valence-corrected chi connectivity index (χ1v) is 9.62. The molecule has 140 valence electrons. The minimum atomic E-state index is 0.508. The third kappa shape index (κ3) is 3.48. The van der Waals surface area contributed by atoms with Crippen LogP contribution in [0.25, 0.3) is 22.4 Å². The summed E-state index contributed by atoms with van der Waals surface area (Å²) in [4.78, 5) is 11.7. The van der Waals surface area contributed by atoms with E-state index in [1.165, 1.54) is 11.3 Å². The predicted octanol–water partition coefficient (Wildman–Crippen LogP) is 3.19. The topological polar surface area (TPSA) is 83.5 Å². The van der Waals surface area contributed by atoms with Crippen LogP contribution in [-0.2, 0) is 6.54 Å². The molecule has 4 aromatic rings.